The Morgan fingerprint density at radius 3 is 3.08 bits per heavy atom. The Morgan fingerprint density at radius 1 is 1.46 bits per heavy atom. The molecule has 13 heavy (non-hydrogen) atoms. The van der Waals surface area contributed by atoms with E-state index in [2.05, 4.69) is 32.1 Å². The highest BCUT2D eigenvalue weighted by atomic mass is 14.5. The van der Waals surface area contributed by atoms with Crippen LogP contribution in [0.4, 0.5) is 0 Å². The van der Waals surface area contributed by atoms with Crippen molar-refractivity contribution in [1.82, 2.24) is 0 Å². The van der Waals surface area contributed by atoms with Gasteiger partial charge in [-0.3, -0.25) is 0 Å². The molecule has 2 atom stereocenters. The average molecular weight is 172 g/mol. The molecule has 0 nitrogen and oxygen atoms in total. The van der Waals surface area contributed by atoms with Crippen molar-refractivity contribution in [2.45, 2.75) is 33.1 Å². The van der Waals surface area contributed by atoms with E-state index >= 15 is 0 Å². The van der Waals surface area contributed by atoms with Crippen LogP contribution < -0.4 is 0 Å². The zero-order valence-corrected chi connectivity index (χ0v) is 8.43. The van der Waals surface area contributed by atoms with Crippen LogP contribution in [0.5, 0.6) is 0 Å². The van der Waals surface area contributed by atoms with Gasteiger partial charge in [0.1, 0.15) is 0 Å². The summed E-state index contributed by atoms with van der Waals surface area (Å²) in [7, 11) is 0. The maximum atomic E-state index is 2.48. The van der Waals surface area contributed by atoms with Gasteiger partial charge in [0.25, 0.3) is 0 Å². The minimum Gasteiger partial charge on any atom is -0.0801 e. The molecule has 0 aromatic rings. The van der Waals surface area contributed by atoms with Crippen molar-refractivity contribution in [2.24, 2.45) is 11.3 Å². The van der Waals surface area contributed by atoms with Gasteiger partial charge in [0.15, 0.2) is 0 Å². The fourth-order valence-corrected chi connectivity index (χ4v) is 3.44. The molecule has 0 N–H and O–H groups in total. The molecule has 0 aromatic carbocycles. The second-order valence-electron chi connectivity index (χ2n) is 4.90. The Morgan fingerprint density at radius 2 is 2.31 bits per heavy atom. The molecule has 0 saturated heterocycles. The third-order valence-electron chi connectivity index (χ3n) is 3.91. The van der Waals surface area contributed by atoms with Crippen LogP contribution >= 0.6 is 0 Å². The number of hydrogen-bond acceptors (Lipinski definition) is 0. The van der Waals surface area contributed by atoms with Gasteiger partial charge in [-0.1, -0.05) is 23.8 Å². The first kappa shape index (κ1) is 7.61. The molecule has 0 heteroatoms. The summed E-state index contributed by atoms with van der Waals surface area (Å²) < 4.78 is 0. The molecule has 0 amide bonds. The van der Waals surface area contributed by atoms with Gasteiger partial charge in [-0.25, -0.2) is 0 Å². The van der Waals surface area contributed by atoms with E-state index < -0.39 is 0 Å². The highest BCUT2D eigenvalue weighted by Gasteiger charge is 2.49. The number of allylic oxidation sites excluding steroid dienone is 6. The molecule has 0 radical (unpaired) electrons. The Hall–Kier alpha value is -0.780. The minimum absolute atomic E-state index is 0.497. The first-order valence-corrected chi connectivity index (χ1v) is 5.31. The van der Waals surface area contributed by atoms with E-state index in [1.807, 2.05) is 0 Å². The van der Waals surface area contributed by atoms with E-state index in [-0.39, 0.29) is 0 Å². The summed E-state index contributed by atoms with van der Waals surface area (Å²) in [4.78, 5) is 0. The van der Waals surface area contributed by atoms with Crippen molar-refractivity contribution in [3.05, 3.63) is 34.9 Å². The van der Waals surface area contributed by atoms with Gasteiger partial charge in [-0.2, -0.15) is 0 Å². The maximum absolute atomic E-state index is 2.48. The fraction of sp³-hybridized carbons (Fsp3) is 0.538. The van der Waals surface area contributed by atoms with Gasteiger partial charge in [-0.05, 0) is 44.3 Å². The van der Waals surface area contributed by atoms with E-state index in [0.29, 0.717) is 5.41 Å². The molecule has 3 aliphatic carbocycles. The lowest BCUT2D eigenvalue weighted by Crippen LogP contribution is -2.10. The standard InChI is InChI=1S/C13H16/c1-9(2)12-10-5-7-13(8-10)6-3-4-11(12)13/h4-5,7,10H,3,6,8H2,1-2H3/t10?,13-/m0/s1. The van der Waals surface area contributed by atoms with Crippen LogP contribution in [0.1, 0.15) is 33.1 Å². The molecule has 0 aliphatic heterocycles. The molecule has 1 fully saturated rings. The molecular weight excluding hydrogens is 156 g/mol. The van der Waals surface area contributed by atoms with Crippen molar-refractivity contribution in [2.75, 3.05) is 0 Å². The minimum atomic E-state index is 0.497. The summed E-state index contributed by atoms with van der Waals surface area (Å²) in [6, 6.07) is 0. The highest BCUT2D eigenvalue weighted by Crippen LogP contribution is 2.61. The molecule has 68 valence electrons. The number of hydrogen-bond donors (Lipinski definition) is 0. The van der Waals surface area contributed by atoms with Crippen molar-refractivity contribution < 1.29 is 0 Å². The summed E-state index contributed by atoms with van der Waals surface area (Å²) in [5.74, 6) is 0.761. The summed E-state index contributed by atoms with van der Waals surface area (Å²) in [5, 5.41) is 0. The van der Waals surface area contributed by atoms with E-state index in [1.54, 1.807) is 11.1 Å². The van der Waals surface area contributed by atoms with Crippen LogP contribution in [0.25, 0.3) is 0 Å². The van der Waals surface area contributed by atoms with Gasteiger partial charge in [-0.15, -0.1) is 0 Å². The summed E-state index contributed by atoms with van der Waals surface area (Å²) >= 11 is 0. The SMILES string of the molecule is CC(C)=C1C2=CCC[C@@]23C=CC1C3. The van der Waals surface area contributed by atoms with E-state index in [1.165, 1.54) is 24.8 Å². The second-order valence-corrected chi connectivity index (χ2v) is 4.90. The summed E-state index contributed by atoms with van der Waals surface area (Å²) in [5.41, 5.74) is 5.38. The predicted octanol–water partition coefficient (Wildman–Crippen LogP) is 3.62. The molecule has 1 saturated carbocycles. The van der Waals surface area contributed by atoms with Crippen LogP contribution in [-0.2, 0) is 0 Å². The fourth-order valence-electron chi connectivity index (χ4n) is 3.44. The Bertz CT molecular complexity index is 350. The average Bonchev–Trinajstić information content (AvgIpc) is 2.67. The van der Waals surface area contributed by atoms with Crippen molar-refractivity contribution in [3.8, 4) is 0 Å². The van der Waals surface area contributed by atoms with Gasteiger partial charge in [0.05, 0.1) is 0 Å². The first-order chi connectivity index (χ1) is 6.23. The van der Waals surface area contributed by atoms with Gasteiger partial charge >= 0.3 is 0 Å². The Balaban J connectivity index is 2.22. The van der Waals surface area contributed by atoms with E-state index in [4.69, 9.17) is 0 Å². The lowest BCUT2D eigenvalue weighted by atomic mass is 9.82. The van der Waals surface area contributed by atoms with Crippen molar-refractivity contribution in [3.63, 3.8) is 0 Å². The van der Waals surface area contributed by atoms with Gasteiger partial charge in [0, 0.05) is 11.3 Å². The molecular formula is C13H16. The molecule has 3 rings (SSSR count). The Labute approximate surface area is 80.0 Å². The lowest BCUT2D eigenvalue weighted by Gasteiger charge is -2.22. The normalized spacial score (nSPS) is 39.7. The highest BCUT2D eigenvalue weighted by molar-refractivity contribution is 5.55. The van der Waals surface area contributed by atoms with Crippen molar-refractivity contribution >= 4 is 0 Å². The lowest BCUT2D eigenvalue weighted by molar-refractivity contribution is 0.467. The maximum Gasteiger partial charge on any atom is 0.0144 e. The third kappa shape index (κ3) is 0.769. The van der Waals surface area contributed by atoms with Gasteiger partial charge < -0.3 is 0 Å². The molecule has 0 aromatic heterocycles. The van der Waals surface area contributed by atoms with Gasteiger partial charge in [0.2, 0.25) is 0 Å². The molecule has 2 bridgehead atoms. The second kappa shape index (κ2) is 2.17. The van der Waals surface area contributed by atoms with Crippen LogP contribution in [0, 0.1) is 11.3 Å². The first-order valence-electron chi connectivity index (χ1n) is 5.31. The van der Waals surface area contributed by atoms with Crippen molar-refractivity contribution in [1.29, 1.82) is 0 Å². The smallest absolute Gasteiger partial charge is 0.0144 e. The summed E-state index contributed by atoms with van der Waals surface area (Å²) in [6.07, 6.45) is 11.4. The van der Waals surface area contributed by atoms with E-state index in [9.17, 15) is 0 Å². The molecule has 1 spiro atoms. The van der Waals surface area contributed by atoms with Crippen LogP contribution in [0.3, 0.4) is 0 Å². The Kier molecular flexibility index (Phi) is 1.27. The molecule has 1 unspecified atom stereocenters. The van der Waals surface area contributed by atoms with Crippen LogP contribution in [0.2, 0.25) is 0 Å². The monoisotopic (exact) mass is 172 g/mol. The third-order valence-corrected chi connectivity index (χ3v) is 3.91. The summed E-state index contributed by atoms with van der Waals surface area (Å²) in [6.45, 7) is 4.52. The number of rotatable bonds is 0. The van der Waals surface area contributed by atoms with Crippen LogP contribution in [0.15, 0.2) is 34.9 Å². The predicted molar refractivity (Wildman–Crippen MR) is 55.4 cm³/mol. The molecule has 0 heterocycles. The molecule has 3 aliphatic rings. The largest absolute Gasteiger partial charge is 0.0801 e. The topological polar surface area (TPSA) is 0 Å². The number of fused-ring (bicyclic) bond motifs is 1. The zero-order valence-electron chi connectivity index (χ0n) is 8.43. The zero-order chi connectivity index (χ0) is 9.05. The van der Waals surface area contributed by atoms with Crippen LogP contribution in [-0.4, -0.2) is 0 Å². The quantitative estimate of drug-likeness (QED) is 0.489. The van der Waals surface area contributed by atoms with E-state index in [0.717, 1.165) is 5.92 Å².